The normalized spacial score (nSPS) is 10.0. The van der Waals surface area contributed by atoms with Gasteiger partial charge < -0.3 is 5.32 Å². The van der Waals surface area contributed by atoms with E-state index in [1.807, 2.05) is 31.2 Å². The lowest BCUT2D eigenvalue weighted by Crippen LogP contribution is -2.12. The standard InChI is InChI=1S/C13H11BrN2O/c1-9-2-4-12(5-3-9)16-13(17)10-6-11(14)8-15-7-10/h2-8H,1H3,(H,16,17). The summed E-state index contributed by atoms with van der Waals surface area (Å²) in [5.41, 5.74) is 2.47. The van der Waals surface area contributed by atoms with Gasteiger partial charge in [0, 0.05) is 22.6 Å². The smallest absolute Gasteiger partial charge is 0.257 e. The Balaban J connectivity index is 2.14. The van der Waals surface area contributed by atoms with Gasteiger partial charge in [0.1, 0.15) is 0 Å². The molecule has 1 N–H and O–H groups in total. The quantitative estimate of drug-likeness (QED) is 0.921. The molecule has 2 aromatic rings. The van der Waals surface area contributed by atoms with Crippen LogP contribution in [0.25, 0.3) is 0 Å². The van der Waals surface area contributed by atoms with Gasteiger partial charge >= 0.3 is 0 Å². The molecule has 4 heteroatoms. The summed E-state index contributed by atoms with van der Waals surface area (Å²) >= 11 is 3.28. The molecular weight excluding hydrogens is 280 g/mol. The van der Waals surface area contributed by atoms with E-state index in [4.69, 9.17) is 0 Å². The molecular formula is C13H11BrN2O. The number of halogens is 1. The van der Waals surface area contributed by atoms with E-state index < -0.39 is 0 Å². The first-order valence-corrected chi connectivity index (χ1v) is 5.93. The third-order valence-corrected chi connectivity index (χ3v) is 2.71. The van der Waals surface area contributed by atoms with Gasteiger partial charge in [-0.1, -0.05) is 17.7 Å². The first-order valence-electron chi connectivity index (χ1n) is 5.14. The fraction of sp³-hybridized carbons (Fsp3) is 0.0769. The molecule has 0 unspecified atom stereocenters. The molecule has 0 saturated carbocycles. The van der Waals surface area contributed by atoms with E-state index in [0.29, 0.717) is 5.56 Å². The second-order valence-electron chi connectivity index (χ2n) is 3.71. The van der Waals surface area contributed by atoms with Gasteiger partial charge in [-0.25, -0.2) is 0 Å². The maximum atomic E-state index is 11.9. The fourth-order valence-corrected chi connectivity index (χ4v) is 1.74. The Bertz CT molecular complexity index is 537. The van der Waals surface area contributed by atoms with E-state index in [0.717, 1.165) is 15.7 Å². The number of nitrogens with one attached hydrogen (secondary N) is 1. The zero-order chi connectivity index (χ0) is 12.3. The summed E-state index contributed by atoms with van der Waals surface area (Å²) in [5.74, 6) is -0.164. The third-order valence-electron chi connectivity index (χ3n) is 2.28. The molecule has 0 saturated heterocycles. The zero-order valence-corrected chi connectivity index (χ0v) is 10.9. The maximum absolute atomic E-state index is 11.9. The summed E-state index contributed by atoms with van der Waals surface area (Å²) in [5, 5.41) is 2.81. The van der Waals surface area contributed by atoms with Crippen LogP contribution in [0.1, 0.15) is 15.9 Å². The van der Waals surface area contributed by atoms with Crippen LogP contribution in [0.2, 0.25) is 0 Å². The minimum Gasteiger partial charge on any atom is -0.322 e. The summed E-state index contributed by atoms with van der Waals surface area (Å²) in [6, 6.07) is 9.39. The van der Waals surface area contributed by atoms with Crippen molar-refractivity contribution in [2.75, 3.05) is 5.32 Å². The number of carbonyl (C=O) groups excluding carboxylic acids is 1. The van der Waals surface area contributed by atoms with Crippen molar-refractivity contribution in [2.24, 2.45) is 0 Å². The molecule has 86 valence electrons. The molecule has 1 heterocycles. The van der Waals surface area contributed by atoms with Gasteiger partial charge in [0.25, 0.3) is 5.91 Å². The lowest BCUT2D eigenvalue weighted by Gasteiger charge is -2.05. The molecule has 2 rings (SSSR count). The van der Waals surface area contributed by atoms with Gasteiger partial charge in [0.2, 0.25) is 0 Å². The van der Waals surface area contributed by atoms with Crippen molar-refractivity contribution in [3.63, 3.8) is 0 Å². The van der Waals surface area contributed by atoms with Crippen LogP contribution in [0.4, 0.5) is 5.69 Å². The van der Waals surface area contributed by atoms with Crippen molar-refractivity contribution < 1.29 is 4.79 Å². The second-order valence-corrected chi connectivity index (χ2v) is 4.63. The number of hydrogen-bond donors (Lipinski definition) is 1. The SMILES string of the molecule is Cc1ccc(NC(=O)c2cncc(Br)c2)cc1. The Morgan fingerprint density at radius 2 is 1.94 bits per heavy atom. The average molecular weight is 291 g/mol. The van der Waals surface area contributed by atoms with Crippen LogP contribution in [-0.2, 0) is 0 Å². The molecule has 0 bridgehead atoms. The summed E-state index contributed by atoms with van der Waals surface area (Å²) < 4.78 is 0.786. The molecule has 0 fully saturated rings. The van der Waals surface area contributed by atoms with Crippen LogP contribution >= 0.6 is 15.9 Å². The van der Waals surface area contributed by atoms with Crippen molar-refractivity contribution in [2.45, 2.75) is 6.92 Å². The summed E-state index contributed by atoms with van der Waals surface area (Å²) in [7, 11) is 0. The van der Waals surface area contributed by atoms with Crippen LogP contribution in [-0.4, -0.2) is 10.9 Å². The third kappa shape index (κ3) is 3.14. The van der Waals surface area contributed by atoms with Gasteiger partial charge in [0.05, 0.1) is 5.56 Å². The molecule has 0 radical (unpaired) electrons. The Morgan fingerprint density at radius 1 is 1.24 bits per heavy atom. The number of aryl methyl sites for hydroxylation is 1. The van der Waals surface area contributed by atoms with Gasteiger partial charge in [-0.05, 0) is 41.1 Å². The van der Waals surface area contributed by atoms with E-state index in [1.54, 1.807) is 12.3 Å². The zero-order valence-electron chi connectivity index (χ0n) is 9.27. The number of anilines is 1. The molecule has 17 heavy (non-hydrogen) atoms. The highest BCUT2D eigenvalue weighted by Crippen LogP contribution is 2.13. The van der Waals surface area contributed by atoms with Gasteiger partial charge in [0.15, 0.2) is 0 Å². The molecule has 0 spiro atoms. The van der Waals surface area contributed by atoms with Crippen molar-refractivity contribution in [3.05, 3.63) is 58.3 Å². The lowest BCUT2D eigenvalue weighted by atomic mass is 10.2. The Morgan fingerprint density at radius 3 is 2.59 bits per heavy atom. The van der Waals surface area contributed by atoms with Gasteiger partial charge in [-0.2, -0.15) is 0 Å². The number of benzene rings is 1. The Kier molecular flexibility index (Phi) is 3.54. The molecule has 0 aliphatic heterocycles. The Labute approximate surface area is 108 Å². The van der Waals surface area contributed by atoms with Crippen molar-refractivity contribution in [3.8, 4) is 0 Å². The second kappa shape index (κ2) is 5.10. The maximum Gasteiger partial charge on any atom is 0.257 e. The minimum atomic E-state index is -0.164. The van der Waals surface area contributed by atoms with Gasteiger partial charge in [-0.3, -0.25) is 9.78 Å². The molecule has 0 aliphatic rings. The predicted molar refractivity (Wildman–Crippen MR) is 71.1 cm³/mol. The van der Waals surface area contributed by atoms with Gasteiger partial charge in [-0.15, -0.1) is 0 Å². The number of carbonyl (C=O) groups is 1. The first kappa shape index (κ1) is 11.8. The lowest BCUT2D eigenvalue weighted by molar-refractivity contribution is 0.102. The largest absolute Gasteiger partial charge is 0.322 e. The molecule has 1 aromatic carbocycles. The first-order chi connectivity index (χ1) is 8.15. The van der Waals surface area contributed by atoms with E-state index in [9.17, 15) is 4.79 Å². The highest BCUT2D eigenvalue weighted by atomic mass is 79.9. The summed E-state index contributed by atoms with van der Waals surface area (Å²) in [4.78, 5) is 15.8. The van der Waals surface area contributed by atoms with Crippen LogP contribution in [0.15, 0.2) is 47.2 Å². The summed E-state index contributed by atoms with van der Waals surface area (Å²) in [6.07, 6.45) is 3.18. The highest BCUT2D eigenvalue weighted by Gasteiger charge is 2.06. The molecule has 1 amide bonds. The average Bonchev–Trinajstić information content (AvgIpc) is 2.32. The molecule has 1 aromatic heterocycles. The molecule has 3 nitrogen and oxygen atoms in total. The van der Waals surface area contributed by atoms with E-state index in [-0.39, 0.29) is 5.91 Å². The predicted octanol–water partition coefficient (Wildman–Crippen LogP) is 3.40. The number of hydrogen-bond acceptors (Lipinski definition) is 2. The number of aromatic nitrogens is 1. The molecule has 0 aliphatic carbocycles. The van der Waals surface area contributed by atoms with Crippen LogP contribution in [0.3, 0.4) is 0 Å². The van der Waals surface area contributed by atoms with E-state index in [1.165, 1.54) is 6.20 Å². The number of amides is 1. The number of nitrogens with zero attached hydrogens (tertiary/aromatic N) is 1. The fourth-order valence-electron chi connectivity index (χ4n) is 1.38. The highest BCUT2D eigenvalue weighted by molar-refractivity contribution is 9.10. The van der Waals surface area contributed by atoms with Crippen molar-refractivity contribution in [1.29, 1.82) is 0 Å². The topological polar surface area (TPSA) is 42.0 Å². The van der Waals surface area contributed by atoms with Crippen molar-refractivity contribution >= 4 is 27.5 Å². The van der Waals surface area contributed by atoms with Crippen LogP contribution in [0.5, 0.6) is 0 Å². The summed E-state index contributed by atoms with van der Waals surface area (Å²) in [6.45, 7) is 2.00. The monoisotopic (exact) mass is 290 g/mol. The number of pyridine rings is 1. The Hall–Kier alpha value is -1.68. The molecule has 0 atom stereocenters. The van der Waals surface area contributed by atoms with Crippen LogP contribution in [0, 0.1) is 6.92 Å². The minimum absolute atomic E-state index is 0.164. The van der Waals surface area contributed by atoms with E-state index in [2.05, 4.69) is 26.2 Å². The number of rotatable bonds is 2. The van der Waals surface area contributed by atoms with Crippen LogP contribution < -0.4 is 5.32 Å². The van der Waals surface area contributed by atoms with Crippen molar-refractivity contribution in [1.82, 2.24) is 4.98 Å². The van der Waals surface area contributed by atoms with E-state index >= 15 is 0 Å².